The molecule has 140 valence electrons. The second kappa shape index (κ2) is 6.55. The van der Waals surface area contributed by atoms with Gasteiger partial charge in [0.05, 0.1) is 12.1 Å². The minimum Gasteiger partial charge on any atom is -0.406 e. The first-order chi connectivity index (χ1) is 12.4. The number of β-amino-alcohol motifs (C(OH)–C–C–N with tert-alkyl or cyclic N) is 1. The van der Waals surface area contributed by atoms with Crippen molar-refractivity contribution >= 4 is 0 Å². The molecule has 2 fully saturated rings. The summed E-state index contributed by atoms with van der Waals surface area (Å²) in [4.78, 5) is 6.45. The maximum atomic E-state index is 12.2. The zero-order valence-corrected chi connectivity index (χ0v) is 13.8. The average molecular weight is 369 g/mol. The van der Waals surface area contributed by atoms with Gasteiger partial charge < -0.3 is 14.4 Å². The Morgan fingerprint density at radius 1 is 1.23 bits per heavy atom. The molecular formula is C17H18F3N3O3. The number of aliphatic hydroxyl groups excluding tert-OH is 1. The van der Waals surface area contributed by atoms with Crippen molar-refractivity contribution in [3.8, 4) is 5.75 Å². The Bertz CT molecular complexity index is 759. The average Bonchev–Trinajstić information content (AvgIpc) is 3.18. The van der Waals surface area contributed by atoms with Gasteiger partial charge in [-0.05, 0) is 37.0 Å². The molecule has 9 heteroatoms. The number of rotatable bonds is 5. The van der Waals surface area contributed by atoms with E-state index in [1.165, 1.54) is 12.1 Å². The van der Waals surface area contributed by atoms with Crippen molar-refractivity contribution in [3.63, 3.8) is 0 Å². The Kier molecular flexibility index (Phi) is 4.36. The fourth-order valence-electron chi connectivity index (χ4n) is 3.23. The molecule has 2 atom stereocenters. The number of likely N-dealkylation sites (tertiary alicyclic amines) is 1. The van der Waals surface area contributed by atoms with Gasteiger partial charge in [0.25, 0.3) is 0 Å². The third kappa shape index (κ3) is 3.99. The summed E-state index contributed by atoms with van der Waals surface area (Å²) in [6.07, 6.45) is -2.58. The third-order valence-electron chi connectivity index (χ3n) is 4.61. The summed E-state index contributed by atoms with van der Waals surface area (Å²) in [5, 5.41) is 14.1. The molecule has 1 N–H and O–H groups in total. The van der Waals surface area contributed by atoms with Crippen LogP contribution >= 0.6 is 0 Å². The van der Waals surface area contributed by atoms with Gasteiger partial charge in [-0.25, -0.2) is 0 Å². The lowest BCUT2D eigenvalue weighted by Crippen LogP contribution is -2.24. The van der Waals surface area contributed by atoms with Crippen LogP contribution in [0.3, 0.4) is 0 Å². The number of ether oxygens (including phenoxy) is 1. The van der Waals surface area contributed by atoms with Crippen LogP contribution < -0.4 is 4.74 Å². The Hall–Kier alpha value is -2.13. The molecule has 2 heterocycles. The summed E-state index contributed by atoms with van der Waals surface area (Å²) < 4.78 is 46.0. The number of benzene rings is 1. The topological polar surface area (TPSA) is 71.6 Å². The number of nitrogens with zero attached hydrogens (tertiary/aromatic N) is 3. The molecule has 0 spiro atoms. The van der Waals surface area contributed by atoms with E-state index in [9.17, 15) is 18.3 Å². The number of alkyl halides is 3. The summed E-state index contributed by atoms with van der Waals surface area (Å²) in [7, 11) is 0. The Balaban J connectivity index is 1.45. The van der Waals surface area contributed by atoms with Crippen molar-refractivity contribution < 1.29 is 27.5 Å². The monoisotopic (exact) mass is 369 g/mol. The lowest BCUT2D eigenvalue weighted by molar-refractivity contribution is -0.274. The van der Waals surface area contributed by atoms with Crippen molar-refractivity contribution in [2.75, 3.05) is 6.54 Å². The molecule has 0 unspecified atom stereocenters. The molecule has 26 heavy (non-hydrogen) atoms. The van der Waals surface area contributed by atoms with Gasteiger partial charge in [-0.15, -0.1) is 13.2 Å². The van der Waals surface area contributed by atoms with Gasteiger partial charge in [0.2, 0.25) is 5.89 Å². The summed E-state index contributed by atoms with van der Waals surface area (Å²) in [6, 6.07) is 5.51. The number of hydrogen-bond acceptors (Lipinski definition) is 6. The second-order valence-corrected chi connectivity index (χ2v) is 6.79. The predicted molar refractivity (Wildman–Crippen MR) is 83.2 cm³/mol. The van der Waals surface area contributed by atoms with E-state index in [2.05, 4.69) is 14.9 Å². The van der Waals surface area contributed by atoms with Crippen LogP contribution in [0.25, 0.3) is 0 Å². The maximum absolute atomic E-state index is 12.2. The molecule has 0 bridgehead atoms. The van der Waals surface area contributed by atoms with Crippen LogP contribution in [0.2, 0.25) is 0 Å². The van der Waals surface area contributed by atoms with Gasteiger partial charge in [0, 0.05) is 19.0 Å². The van der Waals surface area contributed by atoms with E-state index in [1.54, 1.807) is 12.1 Å². The van der Waals surface area contributed by atoms with E-state index in [4.69, 9.17) is 4.52 Å². The van der Waals surface area contributed by atoms with Crippen LogP contribution in [0.15, 0.2) is 28.8 Å². The normalized spacial score (nSPS) is 24.2. The van der Waals surface area contributed by atoms with Gasteiger partial charge in [-0.2, -0.15) is 4.98 Å². The molecule has 1 saturated carbocycles. The largest absolute Gasteiger partial charge is 0.573 e. The predicted octanol–water partition coefficient (Wildman–Crippen LogP) is 3.15. The molecule has 0 amide bonds. The molecular weight excluding hydrogens is 351 g/mol. The second-order valence-electron chi connectivity index (χ2n) is 6.79. The van der Waals surface area contributed by atoms with Crippen molar-refractivity contribution in [2.24, 2.45) is 0 Å². The third-order valence-corrected chi connectivity index (χ3v) is 4.61. The highest BCUT2D eigenvalue weighted by molar-refractivity contribution is 5.27. The van der Waals surface area contributed by atoms with Gasteiger partial charge in [-0.3, -0.25) is 4.90 Å². The van der Waals surface area contributed by atoms with Crippen molar-refractivity contribution in [1.29, 1.82) is 0 Å². The van der Waals surface area contributed by atoms with Crippen LogP contribution in [-0.4, -0.2) is 39.2 Å². The van der Waals surface area contributed by atoms with Gasteiger partial charge in [0.15, 0.2) is 5.82 Å². The standard InChI is InChI=1S/C17H18F3N3O3/c18-17(19,20)25-13-5-1-10(2-6-13)8-23-9-12(24)7-14(23)16-21-15(22-26-16)11-3-4-11/h1-2,5-6,11-12,14,24H,3-4,7-9H2/t12-,14+/m1/s1. The summed E-state index contributed by atoms with van der Waals surface area (Å²) in [5.41, 5.74) is 0.806. The van der Waals surface area contributed by atoms with Gasteiger partial charge in [-0.1, -0.05) is 17.3 Å². The van der Waals surface area contributed by atoms with Crippen LogP contribution in [0.5, 0.6) is 5.75 Å². The zero-order valence-electron chi connectivity index (χ0n) is 13.8. The van der Waals surface area contributed by atoms with Crippen LogP contribution in [0.1, 0.15) is 48.5 Å². The van der Waals surface area contributed by atoms with E-state index in [0.29, 0.717) is 31.3 Å². The SMILES string of the molecule is O[C@@H]1C[C@@H](c2nc(C3CC3)no2)N(Cc2ccc(OC(F)(F)F)cc2)C1. The lowest BCUT2D eigenvalue weighted by Gasteiger charge is -2.21. The fraction of sp³-hybridized carbons (Fsp3) is 0.529. The molecule has 4 rings (SSSR count). The van der Waals surface area contributed by atoms with Crippen molar-refractivity contribution in [2.45, 2.75) is 50.2 Å². The Morgan fingerprint density at radius 3 is 2.62 bits per heavy atom. The number of aliphatic hydroxyl groups is 1. The van der Waals surface area contributed by atoms with E-state index in [-0.39, 0.29) is 11.8 Å². The molecule has 1 aliphatic heterocycles. The quantitative estimate of drug-likeness (QED) is 0.873. The molecule has 1 aromatic heterocycles. The highest BCUT2D eigenvalue weighted by atomic mass is 19.4. The summed E-state index contributed by atoms with van der Waals surface area (Å²) in [5.74, 6) is 1.33. The minimum atomic E-state index is -4.71. The van der Waals surface area contributed by atoms with Crippen LogP contribution in [-0.2, 0) is 6.54 Å². The zero-order chi connectivity index (χ0) is 18.3. The summed E-state index contributed by atoms with van der Waals surface area (Å²) in [6.45, 7) is 0.891. The molecule has 1 aliphatic carbocycles. The van der Waals surface area contributed by atoms with Crippen LogP contribution in [0, 0.1) is 0 Å². The molecule has 1 aromatic carbocycles. The molecule has 1 saturated heterocycles. The van der Waals surface area contributed by atoms with Crippen molar-refractivity contribution in [3.05, 3.63) is 41.5 Å². The first-order valence-electron chi connectivity index (χ1n) is 8.48. The Morgan fingerprint density at radius 2 is 1.96 bits per heavy atom. The fourth-order valence-corrected chi connectivity index (χ4v) is 3.23. The lowest BCUT2D eigenvalue weighted by atomic mass is 10.1. The first kappa shape index (κ1) is 17.3. The molecule has 2 aliphatic rings. The van der Waals surface area contributed by atoms with E-state index in [0.717, 1.165) is 24.2 Å². The smallest absolute Gasteiger partial charge is 0.406 e. The summed E-state index contributed by atoms with van der Waals surface area (Å²) >= 11 is 0. The van der Waals surface area contributed by atoms with E-state index in [1.807, 2.05) is 4.90 Å². The Labute approximate surface area is 147 Å². The minimum absolute atomic E-state index is 0.198. The molecule has 2 aromatic rings. The maximum Gasteiger partial charge on any atom is 0.573 e. The van der Waals surface area contributed by atoms with Gasteiger partial charge >= 0.3 is 6.36 Å². The van der Waals surface area contributed by atoms with Gasteiger partial charge in [0.1, 0.15) is 5.75 Å². The number of hydrogen-bond donors (Lipinski definition) is 1. The number of halogens is 3. The molecule has 6 nitrogen and oxygen atoms in total. The number of aromatic nitrogens is 2. The molecule has 0 radical (unpaired) electrons. The van der Waals surface area contributed by atoms with E-state index < -0.39 is 12.5 Å². The first-order valence-corrected chi connectivity index (χ1v) is 8.48. The van der Waals surface area contributed by atoms with Crippen molar-refractivity contribution in [1.82, 2.24) is 15.0 Å². The highest BCUT2D eigenvalue weighted by Gasteiger charge is 2.37. The van der Waals surface area contributed by atoms with E-state index >= 15 is 0 Å². The highest BCUT2D eigenvalue weighted by Crippen LogP contribution is 2.40. The van der Waals surface area contributed by atoms with Crippen LogP contribution in [0.4, 0.5) is 13.2 Å².